The Morgan fingerprint density at radius 3 is 1.48 bits per heavy atom. The smallest absolute Gasteiger partial charge is 0.249 e. The number of unbranched alkanes of at least 4 members (excludes halogenated alkanes) is 15. The Kier molecular flexibility index (Phi) is 22.6. The fourth-order valence-electron chi connectivity index (χ4n) is 4.22. The monoisotopic (exact) mass is 473 g/mol. The molecule has 0 radical (unpaired) electrons. The summed E-state index contributed by atoms with van der Waals surface area (Å²) in [7, 11) is 0. The molecule has 0 aliphatic carbocycles. The molecular formula is C27H55NO5. The van der Waals surface area contributed by atoms with E-state index in [0.29, 0.717) is 12.8 Å². The van der Waals surface area contributed by atoms with E-state index < -0.39 is 36.9 Å². The number of nitrogens with one attached hydrogen (secondary N) is 1. The van der Waals surface area contributed by atoms with Crippen LogP contribution in [-0.2, 0) is 4.79 Å². The van der Waals surface area contributed by atoms with Gasteiger partial charge in [0.1, 0.15) is 12.2 Å². The Morgan fingerprint density at radius 2 is 1.03 bits per heavy atom. The predicted octanol–water partition coefficient (Wildman–Crippen LogP) is 5.00. The highest BCUT2D eigenvalue weighted by Crippen LogP contribution is 2.14. The topological polar surface area (TPSA) is 110 Å². The molecule has 0 saturated carbocycles. The van der Waals surface area contributed by atoms with Gasteiger partial charge in [0.05, 0.1) is 18.8 Å². The SMILES string of the molecule is CCCCCCCCCCCCCCCC(O)C(=O)NC(CO)C(O)C(O)CCCCCC. The third kappa shape index (κ3) is 18.3. The Bertz CT molecular complexity index is 435. The minimum atomic E-state index is -1.25. The molecule has 0 aliphatic rings. The molecule has 6 nitrogen and oxygen atoms in total. The summed E-state index contributed by atoms with van der Waals surface area (Å²) in [6.45, 7) is 3.87. The highest BCUT2D eigenvalue weighted by molar-refractivity contribution is 5.80. The molecule has 0 bridgehead atoms. The minimum absolute atomic E-state index is 0.372. The first-order valence-electron chi connectivity index (χ1n) is 13.9. The molecule has 0 heterocycles. The van der Waals surface area contributed by atoms with E-state index >= 15 is 0 Å². The average Bonchev–Trinajstić information content (AvgIpc) is 2.82. The Balaban J connectivity index is 3.83. The summed E-state index contributed by atoms with van der Waals surface area (Å²) in [4.78, 5) is 12.2. The van der Waals surface area contributed by atoms with E-state index in [-0.39, 0.29) is 0 Å². The van der Waals surface area contributed by atoms with E-state index in [1.54, 1.807) is 0 Å². The summed E-state index contributed by atoms with van der Waals surface area (Å²) in [6.07, 6.45) is 17.4. The van der Waals surface area contributed by atoms with Crippen LogP contribution in [0.5, 0.6) is 0 Å². The van der Waals surface area contributed by atoms with Crippen molar-refractivity contribution in [3.05, 3.63) is 0 Å². The van der Waals surface area contributed by atoms with Crippen LogP contribution < -0.4 is 5.32 Å². The van der Waals surface area contributed by atoms with Crippen molar-refractivity contribution in [1.29, 1.82) is 0 Å². The van der Waals surface area contributed by atoms with Crippen molar-refractivity contribution in [2.75, 3.05) is 6.61 Å². The first kappa shape index (κ1) is 32.3. The van der Waals surface area contributed by atoms with Gasteiger partial charge < -0.3 is 25.7 Å². The molecule has 0 aromatic rings. The van der Waals surface area contributed by atoms with Crippen LogP contribution in [0, 0.1) is 0 Å². The number of carbonyl (C=O) groups is 1. The van der Waals surface area contributed by atoms with E-state index in [9.17, 15) is 25.2 Å². The van der Waals surface area contributed by atoms with Crippen molar-refractivity contribution in [3.8, 4) is 0 Å². The van der Waals surface area contributed by atoms with Crippen LogP contribution in [0.15, 0.2) is 0 Å². The van der Waals surface area contributed by atoms with Crippen molar-refractivity contribution < 1.29 is 25.2 Å². The van der Waals surface area contributed by atoms with Crippen molar-refractivity contribution in [3.63, 3.8) is 0 Å². The van der Waals surface area contributed by atoms with Crippen LogP contribution >= 0.6 is 0 Å². The maximum Gasteiger partial charge on any atom is 0.249 e. The number of rotatable bonds is 24. The third-order valence-electron chi connectivity index (χ3n) is 6.57. The lowest BCUT2D eigenvalue weighted by Crippen LogP contribution is -2.53. The second-order valence-corrected chi connectivity index (χ2v) is 9.75. The molecule has 4 atom stereocenters. The molecule has 6 heteroatoms. The summed E-state index contributed by atoms with van der Waals surface area (Å²) in [5.41, 5.74) is 0. The van der Waals surface area contributed by atoms with Crippen LogP contribution in [0.3, 0.4) is 0 Å². The first-order valence-corrected chi connectivity index (χ1v) is 13.9. The van der Waals surface area contributed by atoms with E-state index in [1.807, 2.05) is 0 Å². The van der Waals surface area contributed by atoms with Gasteiger partial charge >= 0.3 is 0 Å². The first-order chi connectivity index (χ1) is 16.0. The van der Waals surface area contributed by atoms with Crippen molar-refractivity contribution in [2.24, 2.45) is 0 Å². The van der Waals surface area contributed by atoms with Gasteiger partial charge in [-0.1, -0.05) is 123 Å². The molecule has 0 fully saturated rings. The Hall–Kier alpha value is -0.690. The second kappa shape index (κ2) is 23.1. The summed E-state index contributed by atoms with van der Waals surface area (Å²) in [5.74, 6) is -0.592. The summed E-state index contributed by atoms with van der Waals surface area (Å²) < 4.78 is 0. The van der Waals surface area contributed by atoms with Gasteiger partial charge in [-0.15, -0.1) is 0 Å². The molecule has 1 amide bonds. The van der Waals surface area contributed by atoms with Crippen molar-refractivity contribution in [1.82, 2.24) is 5.32 Å². The number of hydrogen-bond donors (Lipinski definition) is 5. The predicted molar refractivity (Wildman–Crippen MR) is 136 cm³/mol. The van der Waals surface area contributed by atoms with Crippen LogP contribution in [0.1, 0.15) is 136 Å². The lowest BCUT2D eigenvalue weighted by atomic mass is 9.99. The fourth-order valence-corrected chi connectivity index (χ4v) is 4.22. The van der Waals surface area contributed by atoms with Crippen LogP contribution in [0.4, 0.5) is 0 Å². The largest absolute Gasteiger partial charge is 0.394 e. The van der Waals surface area contributed by atoms with Gasteiger partial charge in [-0.05, 0) is 12.8 Å². The van der Waals surface area contributed by atoms with Gasteiger partial charge in [-0.2, -0.15) is 0 Å². The molecule has 198 valence electrons. The summed E-state index contributed by atoms with van der Waals surface area (Å²) in [5, 5.41) is 42.5. The van der Waals surface area contributed by atoms with Crippen LogP contribution in [-0.4, -0.2) is 57.3 Å². The van der Waals surface area contributed by atoms with Crippen molar-refractivity contribution >= 4 is 5.91 Å². The average molecular weight is 474 g/mol. The van der Waals surface area contributed by atoms with Gasteiger partial charge in [0.25, 0.3) is 0 Å². The number of amides is 1. The number of aliphatic hydroxyl groups is 4. The minimum Gasteiger partial charge on any atom is -0.394 e. The molecule has 5 N–H and O–H groups in total. The van der Waals surface area contributed by atoms with E-state index in [2.05, 4.69) is 19.2 Å². The maximum atomic E-state index is 12.2. The van der Waals surface area contributed by atoms with E-state index in [4.69, 9.17) is 0 Å². The zero-order valence-corrected chi connectivity index (χ0v) is 21.6. The van der Waals surface area contributed by atoms with Crippen LogP contribution in [0.25, 0.3) is 0 Å². The van der Waals surface area contributed by atoms with E-state index in [0.717, 1.165) is 44.9 Å². The van der Waals surface area contributed by atoms with Gasteiger partial charge in [0.15, 0.2) is 0 Å². The van der Waals surface area contributed by atoms with Gasteiger partial charge in [0.2, 0.25) is 5.91 Å². The zero-order valence-electron chi connectivity index (χ0n) is 21.6. The molecule has 0 rings (SSSR count). The molecule has 0 aromatic carbocycles. The van der Waals surface area contributed by atoms with Crippen molar-refractivity contribution in [2.45, 2.75) is 160 Å². The lowest BCUT2D eigenvalue weighted by molar-refractivity contribution is -0.132. The van der Waals surface area contributed by atoms with E-state index in [1.165, 1.54) is 64.2 Å². The molecule has 0 aliphatic heterocycles. The molecule has 4 unspecified atom stereocenters. The molecule has 33 heavy (non-hydrogen) atoms. The number of hydrogen-bond acceptors (Lipinski definition) is 5. The maximum absolute atomic E-state index is 12.2. The fraction of sp³-hybridized carbons (Fsp3) is 0.963. The Morgan fingerprint density at radius 1 is 0.636 bits per heavy atom. The summed E-state index contributed by atoms with van der Waals surface area (Å²) >= 11 is 0. The van der Waals surface area contributed by atoms with Gasteiger partial charge in [-0.3, -0.25) is 4.79 Å². The third-order valence-corrected chi connectivity index (χ3v) is 6.57. The zero-order chi connectivity index (χ0) is 24.7. The quantitative estimate of drug-likeness (QED) is 0.127. The highest BCUT2D eigenvalue weighted by Gasteiger charge is 2.28. The molecule has 0 spiro atoms. The Labute approximate surface area is 203 Å². The summed E-state index contributed by atoms with van der Waals surface area (Å²) in [6, 6.07) is -0.972. The standard InChI is InChI=1S/C27H55NO5/c1-3-5-7-9-10-11-12-13-14-15-16-17-19-21-25(31)27(33)28-23(22-29)26(32)24(30)20-18-8-6-4-2/h23-26,29-32H,3-22H2,1-2H3,(H,28,33). The number of aliphatic hydroxyl groups excluding tert-OH is 4. The molecule has 0 saturated heterocycles. The van der Waals surface area contributed by atoms with Gasteiger partial charge in [0, 0.05) is 0 Å². The van der Waals surface area contributed by atoms with Gasteiger partial charge in [-0.25, -0.2) is 0 Å². The highest BCUT2D eigenvalue weighted by atomic mass is 16.3. The number of carbonyl (C=O) groups excluding carboxylic acids is 1. The van der Waals surface area contributed by atoms with Crippen LogP contribution in [0.2, 0.25) is 0 Å². The lowest BCUT2D eigenvalue weighted by Gasteiger charge is -2.27. The molecule has 0 aromatic heterocycles. The molecular weight excluding hydrogens is 418 g/mol. The normalized spacial score (nSPS) is 15.2. The second-order valence-electron chi connectivity index (χ2n) is 9.75.